The Kier molecular flexibility index (Phi) is 10.2. The standard InChI is InChI=1S/C33H40ClN3O5/c1-2-35-32(39)36-20-23-3-9-26(10-4-23)31-41-29(19-30(42-31)25-7-5-24(22-38)6-8-25)21-37-17-15-33(40,16-18-37)27-11-13-28(34)14-12-27/h3-14,29-31,38,40H,2,15-22H2,1H3,(H2,35,36,39)/t29-,30+,31+/m1/s1. The summed E-state index contributed by atoms with van der Waals surface area (Å²) < 4.78 is 13.0. The molecule has 0 radical (unpaired) electrons. The number of hydrogen-bond acceptors (Lipinski definition) is 6. The third kappa shape index (κ3) is 7.69. The number of piperidine rings is 1. The molecule has 0 unspecified atom stereocenters. The highest BCUT2D eigenvalue weighted by molar-refractivity contribution is 6.30. The Morgan fingerprint density at radius 3 is 2.21 bits per heavy atom. The quantitative estimate of drug-likeness (QED) is 0.273. The van der Waals surface area contributed by atoms with E-state index in [2.05, 4.69) is 15.5 Å². The molecule has 2 fully saturated rings. The molecule has 0 aliphatic carbocycles. The van der Waals surface area contributed by atoms with Gasteiger partial charge in [-0.2, -0.15) is 0 Å². The van der Waals surface area contributed by atoms with Crippen LogP contribution in [-0.2, 0) is 28.2 Å². The van der Waals surface area contributed by atoms with Crippen LogP contribution in [0.4, 0.5) is 4.79 Å². The lowest BCUT2D eigenvalue weighted by atomic mass is 9.84. The molecule has 3 aromatic rings. The normalized spacial score (nSPS) is 22.4. The third-order valence-electron chi connectivity index (χ3n) is 8.18. The Bertz CT molecular complexity index is 1290. The fraction of sp³-hybridized carbons (Fsp3) is 0.424. The summed E-state index contributed by atoms with van der Waals surface area (Å²) in [4.78, 5) is 14.1. The van der Waals surface area contributed by atoms with Crippen LogP contribution in [0.1, 0.15) is 66.4 Å². The third-order valence-corrected chi connectivity index (χ3v) is 8.44. The van der Waals surface area contributed by atoms with Crippen molar-refractivity contribution in [2.45, 2.75) is 63.4 Å². The van der Waals surface area contributed by atoms with Crippen LogP contribution in [0.15, 0.2) is 72.8 Å². The van der Waals surface area contributed by atoms with Crippen molar-refractivity contribution in [1.82, 2.24) is 15.5 Å². The van der Waals surface area contributed by atoms with Gasteiger partial charge in [-0.15, -0.1) is 0 Å². The number of ether oxygens (including phenoxy) is 2. The number of hydrogen-bond donors (Lipinski definition) is 4. The SMILES string of the molecule is CCNC(=O)NCc1ccc([C@H]2O[C@@H](CN3CCC(O)(c4ccc(Cl)cc4)CC3)C[C@@H](c3ccc(CO)cc3)O2)cc1. The summed E-state index contributed by atoms with van der Waals surface area (Å²) in [6.45, 7) is 5.13. The minimum Gasteiger partial charge on any atom is -0.392 e. The van der Waals surface area contributed by atoms with Crippen molar-refractivity contribution in [1.29, 1.82) is 0 Å². The predicted octanol–water partition coefficient (Wildman–Crippen LogP) is 5.18. The Hall–Kier alpha value is -2.98. The molecule has 2 aliphatic heterocycles. The zero-order valence-corrected chi connectivity index (χ0v) is 24.7. The van der Waals surface area contributed by atoms with Gasteiger partial charge in [0.25, 0.3) is 0 Å². The molecule has 224 valence electrons. The molecule has 2 heterocycles. The number of aliphatic hydroxyl groups excluding tert-OH is 1. The van der Waals surface area contributed by atoms with Crippen LogP contribution in [-0.4, -0.2) is 53.4 Å². The summed E-state index contributed by atoms with van der Waals surface area (Å²) in [6.07, 6.45) is 1.18. The van der Waals surface area contributed by atoms with E-state index in [0.29, 0.717) is 37.4 Å². The maximum atomic E-state index is 11.8. The van der Waals surface area contributed by atoms with Gasteiger partial charge in [0.1, 0.15) is 0 Å². The van der Waals surface area contributed by atoms with Crippen molar-refractivity contribution in [2.24, 2.45) is 0 Å². The van der Waals surface area contributed by atoms with Crippen molar-refractivity contribution in [2.75, 3.05) is 26.2 Å². The van der Waals surface area contributed by atoms with Crippen molar-refractivity contribution in [3.05, 3.63) is 106 Å². The number of nitrogens with zero attached hydrogens (tertiary/aromatic N) is 1. The first-order chi connectivity index (χ1) is 20.3. The maximum Gasteiger partial charge on any atom is 0.315 e. The zero-order chi connectivity index (χ0) is 29.5. The molecule has 42 heavy (non-hydrogen) atoms. The molecular weight excluding hydrogens is 554 g/mol. The van der Waals surface area contributed by atoms with Gasteiger partial charge in [0.2, 0.25) is 0 Å². The van der Waals surface area contributed by atoms with E-state index >= 15 is 0 Å². The second-order valence-corrected chi connectivity index (χ2v) is 11.6. The number of halogens is 1. The first-order valence-corrected chi connectivity index (χ1v) is 15.0. The molecule has 2 saturated heterocycles. The largest absolute Gasteiger partial charge is 0.392 e. The summed E-state index contributed by atoms with van der Waals surface area (Å²) in [5.41, 5.74) is 3.85. The van der Waals surface area contributed by atoms with E-state index in [0.717, 1.165) is 47.5 Å². The van der Waals surface area contributed by atoms with E-state index in [1.165, 1.54) is 0 Å². The minimum atomic E-state index is -0.856. The first kappa shape index (κ1) is 30.5. The lowest BCUT2D eigenvalue weighted by Crippen LogP contribution is -2.46. The fourth-order valence-electron chi connectivity index (χ4n) is 5.67. The molecule has 9 heteroatoms. The van der Waals surface area contributed by atoms with Crippen LogP contribution >= 0.6 is 11.6 Å². The average Bonchev–Trinajstić information content (AvgIpc) is 3.02. The molecule has 0 aromatic heterocycles. The number of rotatable bonds is 9. The van der Waals surface area contributed by atoms with E-state index in [1.54, 1.807) is 0 Å². The van der Waals surface area contributed by atoms with Gasteiger partial charge in [0.05, 0.1) is 24.4 Å². The highest BCUT2D eigenvalue weighted by Crippen LogP contribution is 2.39. The number of benzene rings is 3. The van der Waals surface area contributed by atoms with Crippen LogP contribution in [0.5, 0.6) is 0 Å². The van der Waals surface area contributed by atoms with Gasteiger partial charge >= 0.3 is 6.03 Å². The van der Waals surface area contributed by atoms with Crippen LogP contribution in [0.3, 0.4) is 0 Å². The first-order valence-electron chi connectivity index (χ1n) is 14.7. The van der Waals surface area contributed by atoms with E-state index in [9.17, 15) is 15.0 Å². The number of amides is 2. The summed E-state index contributed by atoms with van der Waals surface area (Å²) >= 11 is 6.06. The van der Waals surface area contributed by atoms with Gasteiger partial charge in [-0.25, -0.2) is 4.79 Å². The Morgan fingerprint density at radius 1 is 0.929 bits per heavy atom. The highest BCUT2D eigenvalue weighted by atomic mass is 35.5. The van der Waals surface area contributed by atoms with Gasteiger partial charge < -0.3 is 35.2 Å². The zero-order valence-electron chi connectivity index (χ0n) is 24.0. The second-order valence-electron chi connectivity index (χ2n) is 11.1. The highest BCUT2D eigenvalue weighted by Gasteiger charge is 2.37. The Labute approximate surface area is 252 Å². The molecular formula is C33H40ClN3O5. The maximum absolute atomic E-state index is 11.8. The van der Waals surface area contributed by atoms with Crippen molar-refractivity contribution < 1.29 is 24.5 Å². The second kappa shape index (κ2) is 14.0. The summed E-state index contributed by atoms with van der Waals surface area (Å²) in [7, 11) is 0. The Balaban J connectivity index is 1.26. The van der Waals surface area contributed by atoms with E-state index in [1.807, 2.05) is 79.7 Å². The predicted molar refractivity (Wildman–Crippen MR) is 162 cm³/mol. The number of carbonyl (C=O) groups excluding carboxylic acids is 1. The van der Waals surface area contributed by atoms with Crippen LogP contribution in [0.2, 0.25) is 5.02 Å². The van der Waals surface area contributed by atoms with Crippen LogP contribution in [0, 0.1) is 0 Å². The number of urea groups is 1. The topological polar surface area (TPSA) is 103 Å². The van der Waals surface area contributed by atoms with Gasteiger partial charge in [0, 0.05) is 49.7 Å². The van der Waals surface area contributed by atoms with Crippen molar-refractivity contribution in [3.8, 4) is 0 Å². The Morgan fingerprint density at radius 2 is 1.57 bits per heavy atom. The molecule has 2 aliphatic rings. The van der Waals surface area contributed by atoms with E-state index in [4.69, 9.17) is 21.1 Å². The van der Waals surface area contributed by atoms with Gasteiger partial charge in [-0.3, -0.25) is 0 Å². The smallest absolute Gasteiger partial charge is 0.315 e. The minimum absolute atomic E-state index is 0.00119. The number of likely N-dealkylation sites (tertiary alicyclic amines) is 1. The van der Waals surface area contributed by atoms with Crippen molar-refractivity contribution >= 4 is 17.6 Å². The van der Waals surface area contributed by atoms with E-state index in [-0.39, 0.29) is 24.8 Å². The fourth-order valence-corrected chi connectivity index (χ4v) is 5.80. The van der Waals surface area contributed by atoms with E-state index < -0.39 is 11.9 Å². The molecule has 0 saturated carbocycles. The molecule has 0 bridgehead atoms. The molecule has 5 rings (SSSR count). The van der Waals surface area contributed by atoms with Crippen molar-refractivity contribution in [3.63, 3.8) is 0 Å². The molecule has 2 amide bonds. The molecule has 8 nitrogen and oxygen atoms in total. The molecule has 4 N–H and O–H groups in total. The van der Waals surface area contributed by atoms with Crippen LogP contribution in [0.25, 0.3) is 0 Å². The van der Waals surface area contributed by atoms with Crippen LogP contribution < -0.4 is 10.6 Å². The monoisotopic (exact) mass is 593 g/mol. The lowest BCUT2D eigenvalue weighted by molar-refractivity contribution is -0.253. The molecule has 3 atom stereocenters. The van der Waals surface area contributed by atoms with Gasteiger partial charge in [-0.05, 0) is 54.2 Å². The number of carbonyl (C=O) groups is 1. The summed E-state index contributed by atoms with van der Waals surface area (Å²) in [5.74, 6) is 0. The summed E-state index contributed by atoms with van der Waals surface area (Å²) in [5, 5.41) is 27.1. The molecule has 3 aromatic carbocycles. The average molecular weight is 594 g/mol. The van der Waals surface area contributed by atoms with Gasteiger partial charge in [-0.1, -0.05) is 72.3 Å². The van der Waals surface area contributed by atoms with Gasteiger partial charge in [0.15, 0.2) is 6.29 Å². The number of aliphatic hydroxyl groups is 2. The molecule has 0 spiro atoms. The summed E-state index contributed by atoms with van der Waals surface area (Å²) in [6, 6.07) is 23.1. The lowest BCUT2D eigenvalue weighted by Gasteiger charge is -2.42. The number of nitrogens with one attached hydrogen (secondary N) is 2.